The van der Waals surface area contributed by atoms with Gasteiger partial charge in [0, 0.05) is 5.69 Å². The fraction of sp³-hybridized carbons (Fsp3) is 0.467. The van der Waals surface area contributed by atoms with Gasteiger partial charge in [-0.05, 0) is 43.5 Å². The van der Waals surface area contributed by atoms with E-state index < -0.39 is 29.7 Å². The van der Waals surface area contributed by atoms with Crippen LogP contribution in [0.2, 0.25) is 0 Å². The molecule has 1 aromatic rings. The Morgan fingerprint density at radius 1 is 1.27 bits per heavy atom. The molecule has 22 heavy (non-hydrogen) atoms. The van der Waals surface area contributed by atoms with E-state index in [0.717, 1.165) is 30.7 Å². The predicted octanol–water partition coefficient (Wildman–Crippen LogP) is 3.23. The van der Waals surface area contributed by atoms with Crippen LogP contribution in [-0.4, -0.2) is 18.0 Å². The van der Waals surface area contributed by atoms with E-state index >= 15 is 0 Å². The van der Waals surface area contributed by atoms with Crippen molar-refractivity contribution in [2.45, 2.75) is 32.5 Å². The summed E-state index contributed by atoms with van der Waals surface area (Å²) in [7, 11) is 0. The minimum Gasteiger partial charge on any atom is -0.452 e. The molecule has 1 aliphatic carbocycles. The summed E-state index contributed by atoms with van der Waals surface area (Å²) in [5, 5.41) is 2.41. The molecule has 1 fully saturated rings. The molecule has 120 valence electrons. The maximum absolute atomic E-state index is 12.4. The average Bonchev–Trinajstić information content (AvgIpc) is 3.15. The Balaban J connectivity index is 1.89. The van der Waals surface area contributed by atoms with Crippen molar-refractivity contribution in [2.24, 2.45) is 11.8 Å². The lowest BCUT2D eigenvalue weighted by molar-refractivity contribution is -0.154. The van der Waals surface area contributed by atoms with Crippen molar-refractivity contribution in [1.82, 2.24) is 0 Å². The molecule has 0 heterocycles. The molecule has 2 rings (SSSR count). The van der Waals surface area contributed by atoms with Gasteiger partial charge < -0.3 is 10.1 Å². The number of esters is 1. The third-order valence-electron chi connectivity index (χ3n) is 3.55. The molecular formula is C15H16F3NO3. The molecule has 7 heteroatoms. The second-order valence-electron chi connectivity index (χ2n) is 5.46. The number of alkyl halides is 3. The van der Waals surface area contributed by atoms with Crippen LogP contribution in [0.5, 0.6) is 0 Å². The number of nitrogens with one attached hydrogen (secondary N) is 1. The van der Waals surface area contributed by atoms with E-state index in [-0.39, 0.29) is 17.5 Å². The van der Waals surface area contributed by atoms with Crippen LogP contribution in [0.4, 0.5) is 18.9 Å². The Kier molecular flexibility index (Phi) is 4.44. The number of halogens is 3. The Morgan fingerprint density at radius 2 is 1.82 bits per heavy atom. The summed E-state index contributed by atoms with van der Waals surface area (Å²) in [6.07, 6.45) is -4.67. The fourth-order valence-corrected chi connectivity index (χ4v) is 1.95. The van der Waals surface area contributed by atoms with Crippen molar-refractivity contribution in [1.29, 1.82) is 0 Å². The summed E-state index contributed by atoms with van der Waals surface area (Å²) >= 11 is 0. The maximum Gasteiger partial charge on any atom is 0.416 e. The maximum atomic E-state index is 12.4. The summed E-state index contributed by atoms with van der Waals surface area (Å²) in [5.41, 5.74) is -0.589. The lowest BCUT2D eigenvalue weighted by Gasteiger charge is -2.14. The van der Waals surface area contributed by atoms with Crippen molar-refractivity contribution in [3.8, 4) is 0 Å². The molecule has 0 unspecified atom stereocenters. The molecule has 1 amide bonds. The zero-order valence-electron chi connectivity index (χ0n) is 12.1. The Labute approximate surface area is 125 Å². The van der Waals surface area contributed by atoms with Gasteiger partial charge in [0.05, 0.1) is 11.5 Å². The quantitative estimate of drug-likeness (QED) is 0.868. The van der Waals surface area contributed by atoms with Crippen LogP contribution >= 0.6 is 0 Å². The first-order valence-corrected chi connectivity index (χ1v) is 6.87. The Hall–Kier alpha value is -2.05. The first-order valence-electron chi connectivity index (χ1n) is 6.87. The molecular weight excluding hydrogens is 299 g/mol. The van der Waals surface area contributed by atoms with Crippen molar-refractivity contribution < 1.29 is 27.5 Å². The molecule has 1 aliphatic rings. The van der Waals surface area contributed by atoms with Gasteiger partial charge in [0.2, 0.25) is 0 Å². The van der Waals surface area contributed by atoms with Gasteiger partial charge in [0.15, 0.2) is 6.10 Å². The van der Waals surface area contributed by atoms with Gasteiger partial charge in [-0.3, -0.25) is 9.59 Å². The van der Waals surface area contributed by atoms with Gasteiger partial charge in [-0.15, -0.1) is 0 Å². The van der Waals surface area contributed by atoms with Gasteiger partial charge in [0.25, 0.3) is 5.91 Å². The number of hydrogen-bond donors (Lipinski definition) is 1. The molecule has 0 bridgehead atoms. The van der Waals surface area contributed by atoms with Gasteiger partial charge in [-0.25, -0.2) is 0 Å². The van der Waals surface area contributed by atoms with E-state index in [1.807, 2.05) is 6.92 Å². The highest BCUT2D eigenvalue weighted by atomic mass is 19.4. The third-order valence-corrected chi connectivity index (χ3v) is 3.55. The minimum atomic E-state index is -4.42. The molecule has 3 atom stereocenters. The number of hydrogen-bond acceptors (Lipinski definition) is 3. The number of carbonyl (C=O) groups excluding carboxylic acids is 2. The number of anilines is 1. The monoisotopic (exact) mass is 315 g/mol. The lowest BCUT2D eigenvalue weighted by atomic mass is 10.2. The summed E-state index contributed by atoms with van der Waals surface area (Å²) in [6.45, 7) is 3.34. The molecule has 1 aromatic carbocycles. The largest absolute Gasteiger partial charge is 0.452 e. The van der Waals surface area contributed by atoms with E-state index in [4.69, 9.17) is 4.74 Å². The molecule has 0 spiro atoms. The first-order chi connectivity index (χ1) is 10.2. The molecule has 0 aromatic heterocycles. The van der Waals surface area contributed by atoms with Crippen LogP contribution in [0, 0.1) is 11.8 Å². The SMILES string of the molecule is C[C@H](OC(=O)[C@H]1C[C@@H]1C)C(=O)Nc1ccc(C(F)(F)F)cc1. The van der Waals surface area contributed by atoms with Crippen molar-refractivity contribution in [3.05, 3.63) is 29.8 Å². The molecule has 0 aliphatic heterocycles. The first kappa shape index (κ1) is 16.3. The zero-order valence-corrected chi connectivity index (χ0v) is 12.1. The van der Waals surface area contributed by atoms with E-state index in [2.05, 4.69) is 5.32 Å². The average molecular weight is 315 g/mol. The Bertz CT molecular complexity index is 568. The molecule has 1 N–H and O–H groups in total. The number of carbonyl (C=O) groups is 2. The minimum absolute atomic E-state index is 0.152. The van der Waals surface area contributed by atoms with E-state index in [1.54, 1.807) is 0 Å². The smallest absolute Gasteiger partial charge is 0.416 e. The van der Waals surface area contributed by atoms with Crippen LogP contribution in [0.3, 0.4) is 0 Å². The topological polar surface area (TPSA) is 55.4 Å². The second-order valence-corrected chi connectivity index (χ2v) is 5.46. The van der Waals surface area contributed by atoms with Crippen LogP contribution in [0.15, 0.2) is 24.3 Å². The normalized spacial score (nSPS) is 21.9. The van der Waals surface area contributed by atoms with Gasteiger partial charge in [-0.1, -0.05) is 6.92 Å². The zero-order chi connectivity index (χ0) is 16.5. The van der Waals surface area contributed by atoms with E-state index in [0.29, 0.717) is 0 Å². The highest BCUT2D eigenvalue weighted by molar-refractivity contribution is 5.95. The molecule has 4 nitrogen and oxygen atoms in total. The summed E-state index contributed by atoms with van der Waals surface area (Å²) in [5.74, 6) is -0.872. The second kappa shape index (κ2) is 5.98. The lowest BCUT2D eigenvalue weighted by Crippen LogP contribution is -2.30. The van der Waals surface area contributed by atoms with Crippen LogP contribution in [0.1, 0.15) is 25.8 Å². The van der Waals surface area contributed by atoms with Gasteiger partial charge >= 0.3 is 12.1 Å². The van der Waals surface area contributed by atoms with Crippen LogP contribution in [-0.2, 0) is 20.5 Å². The van der Waals surface area contributed by atoms with Crippen LogP contribution < -0.4 is 5.32 Å². The number of amides is 1. The molecule has 0 radical (unpaired) electrons. The predicted molar refractivity (Wildman–Crippen MR) is 72.9 cm³/mol. The van der Waals surface area contributed by atoms with Crippen LogP contribution in [0.25, 0.3) is 0 Å². The Morgan fingerprint density at radius 3 is 2.27 bits per heavy atom. The van der Waals surface area contributed by atoms with Gasteiger partial charge in [0.1, 0.15) is 0 Å². The highest BCUT2D eigenvalue weighted by Gasteiger charge is 2.41. The standard InChI is InChI=1S/C15H16F3NO3/c1-8-7-12(8)14(21)22-9(2)13(20)19-11-5-3-10(4-6-11)15(16,17)18/h3-6,8-9,12H,7H2,1-2H3,(H,19,20)/t8-,9-,12-/m0/s1. The highest BCUT2D eigenvalue weighted by Crippen LogP contribution is 2.38. The number of rotatable bonds is 4. The van der Waals surface area contributed by atoms with Crippen molar-refractivity contribution in [3.63, 3.8) is 0 Å². The summed E-state index contributed by atoms with van der Waals surface area (Å²) < 4.78 is 42.3. The summed E-state index contributed by atoms with van der Waals surface area (Å²) in [6, 6.07) is 4.05. The van der Waals surface area contributed by atoms with Crippen molar-refractivity contribution >= 4 is 17.6 Å². The fourth-order valence-electron chi connectivity index (χ4n) is 1.95. The summed E-state index contributed by atoms with van der Waals surface area (Å²) in [4.78, 5) is 23.5. The molecule has 0 saturated heterocycles. The number of benzene rings is 1. The van der Waals surface area contributed by atoms with Crippen molar-refractivity contribution in [2.75, 3.05) is 5.32 Å². The molecule has 1 saturated carbocycles. The van der Waals surface area contributed by atoms with E-state index in [9.17, 15) is 22.8 Å². The van der Waals surface area contributed by atoms with Gasteiger partial charge in [-0.2, -0.15) is 13.2 Å². The number of ether oxygens (including phenoxy) is 1. The third kappa shape index (κ3) is 3.99. The van der Waals surface area contributed by atoms with E-state index in [1.165, 1.54) is 6.92 Å².